The Bertz CT molecular complexity index is 888. The second-order valence-corrected chi connectivity index (χ2v) is 7.35. The summed E-state index contributed by atoms with van der Waals surface area (Å²) < 4.78 is 12.3. The number of aryl methyl sites for hydroxylation is 1. The van der Waals surface area contributed by atoms with Gasteiger partial charge in [0.1, 0.15) is 11.7 Å². The van der Waals surface area contributed by atoms with Crippen molar-refractivity contribution in [3.63, 3.8) is 0 Å². The van der Waals surface area contributed by atoms with Crippen LogP contribution in [0.2, 0.25) is 0 Å². The lowest BCUT2D eigenvalue weighted by molar-refractivity contribution is -0.146. The zero-order valence-electron chi connectivity index (χ0n) is 16.4. The first-order chi connectivity index (χ1) is 13.6. The first kappa shape index (κ1) is 18.9. The maximum absolute atomic E-state index is 13.2. The van der Waals surface area contributed by atoms with Crippen LogP contribution in [0.4, 0.5) is 0 Å². The molecule has 2 aromatic heterocycles. The zero-order valence-corrected chi connectivity index (χ0v) is 16.4. The average Bonchev–Trinajstić information content (AvgIpc) is 3.34. The molecule has 0 unspecified atom stereocenters. The van der Waals surface area contributed by atoms with E-state index in [0.717, 1.165) is 36.3 Å². The fourth-order valence-corrected chi connectivity index (χ4v) is 4.10. The highest BCUT2D eigenvalue weighted by atomic mass is 16.5. The molecule has 1 amide bonds. The molecule has 2 fully saturated rings. The minimum absolute atomic E-state index is 0.0739. The Morgan fingerprint density at radius 1 is 1.29 bits per heavy atom. The van der Waals surface area contributed by atoms with E-state index in [2.05, 4.69) is 4.90 Å². The van der Waals surface area contributed by atoms with Crippen molar-refractivity contribution in [1.29, 1.82) is 0 Å². The Morgan fingerprint density at radius 2 is 2.07 bits per heavy atom. The minimum Gasteiger partial charge on any atom is -0.468 e. The number of hydrogen-bond donors (Lipinski definition) is 0. The lowest BCUT2D eigenvalue weighted by atomic mass is 10.2. The van der Waals surface area contributed by atoms with E-state index in [1.165, 1.54) is 7.11 Å². The third kappa shape index (κ3) is 3.38. The van der Waals surface area contributed by atoms with Crippen molar-refractivity contribution in [3.05, 3.63) is 35.3 Å². The fraction of sp³-hybridized carbons (Fsp3) is 0.550. The van der Waals surface area contributed by atoms with Crippen LogP contribution in [0.1, 0.15) is 34.6 Å². The molecule has 4 heterocycles. The SMILES string of the molecule is COC(=O)[C@@H]1CCCN1Cc1c(C(=O)N2CCOCC2)nc2c(C)cccn12. The van der Waals surface area contributed by atoms with Crippen LogP contribution in [0.15, 0.2) is 18.3 Å². The summed E-state index contributed by atoms with van der Waals surface area (Å²) in [5.74, 6) is -0.293. The molecule has 2 aliphatic rings. The molecule has 4 rings (SSSR count). The molecule has 0 saturated carbocycles. The van der Waals surface area contributed by atoms with Crippen LogP contribution in [0.25, 0.3) is 5.65 Å². The Labute approximate surface area is 164 Å². The maximum atomic E-state index is 13.2. The van der Waals surface area contributed by atoms with Crippen molar-refractivity contribution in [2.24, 2.45) is 0 Å². The second kappa shape index (κ2) is 7.89. The van der Waals surface area contributed by atoms with Crippen molar-refractivity contribution in [2.45, 2.75) is 32.4 Å². The first-order valence-corrected chi connectivity index (χ1v) is 9.75. The van der Waals surface area contributed by atoms with Gasteiger partial charge in [0, 0.05) is 25.8 Å². The Kier molecular flexibility index (Phi) is 5.32. The Balaban J connectivity index is 1.72. The predicted octanol–water partition coefficient (Wildman–Crippen LogP) is 1.25. The molecule has 150 valence electrons. The average molecular weight is 386 g/mol. The molecule has 0 aliphatic carbocycles. The number of carbonyl (C=O) groups excluding carboxylic acids is 2. The number of imidazole rings is 1. The van der Waals surface area contributed by atoms with Crippen LogP contribution >= 0.6 is 0 Å². The van der Waals surface area contributed by atoms with E-state index in [1.807, 2.05) is 29.7 Å². The van der Waals surface area contributed by atoms with Crippen LogP contribution in [0.5, 0.6) is 0 Å². The summed E-state index contributed by atoms with van der Waals surface area (Å²) in [7, 11) is 1.42. The third-order valence-electron chi connectivity index (χ3n) is 5.63. The largest absolute Gasteiger partial charge is 0.468 e. The molecule has 2 aromatic rings. The third-order valence-corrected chi connectivity index (χ3v) is 5.63. The molecular weight excluding hydrogens is 360 g/mol. The number of amides is 1. The highest BCUT2D eigenvalue weighted by Crippen LogP contribution is 2.25. The monoisotopic (exact) mass is 386 g/mol. The molecule has 0 bridgehead atoms. The van der Waals surface area contributed by atoms with Crippen LogP contribution in [-0.2, 0) is 20.8 Å². The second-order valence-electron chi connectivity index (χ2n) is 7.35. The molecule has 8 nitrogen and oxygen atoms in total. The van der Waals surface area contributed by atoms with Crippen molar-refractivity contribution in [1.82, 2.24) is 19.2 Å². The van der Waals surface area contributed by atoms with Crippen LogP contribution in [-0.4, -0.2) is 77.1 Å². The van der Waals surface area contributed by atoms with Gasteiger partial charge >= 0.3 is 5.97 Å². The molecule has 0 spiro atoms. The number of fused-ring (bicyclic) bond motifs is 1. The van der Waals surface area contributed by atoms with Crippen LogP contribution in [0.3, 0.4) is 0 Å². The summed E-state index contributed by atoms with van der Waals surface area (Å²) in [5, 5.41) is 0. The van der Waals surface area contributed by atoms with Crippen molar-refractivity contribution >= 4 is 17.5 Å². The molecular formula is C20H26N4O4. The lowest BCUT2D eigenvalue weighted by Crippen LogP contribution is -2.42. The minimum atomic E-state index is -0.272. The van der Waals surface area contributed by atoms with E-state index in [-0.39, 0.29) is 17.9 Å². The molecule has 28 heavy (non-hydrogen) atoms. The summed E-state index contributed by atoms with van der Waals surface area (Å²) in [6.07, 6.45) is 3.64. The van der Waals surface area contributed by atoms with Crippen LogP contribution in [0, 0.1) is 6.92 Å². The van der Waals surface area contributed by atoms with Gasteiger partial charge in [-0.15, -0.1) is 0 Å². The summed E-state index contributed by atoms with van der Waals surface area (Å²) in [6.45, 7) is 5.50. The van der Waals surface area contributed by atoms with Crippen LogP contribution < -0.4 is 0 Å². The summed E-state index contributed by atoms with van der Waals surface area (Å²) in [4.78, 5) is 34.0. The van der Waals surface area contributed by atoms with Gasteiger partial charge in [0.2, 0.25) is 0 Å². The van der Waals surface area contributed by atoms with Gasteiger partial charge < -0.3 is 18.8 Å². The highest BCUT2D eigenvalue weighted by molar-refractivity contribution is 5.94. The number of carbonyl (C=O) groups is 2. The summed E-state index contributed by atoms with van der Waals surface area (Å²) in [5.41, 5.74) is 3.08. The normalized spacial score (nSPS) is 20.6. The number of methoxy groups -OCH3 is 1. The fourth-order valence-electron chi connectivity index (χ4n) is 4.10. The number of nitrogens with zero attached hydrogens (tertiary/aromatic N) is 4. The molecule has 0 radical (unpaired) electrons. The number of aromatic nitrogens is 2. The van der Waals surface area contributed by atoms with E-state index in [0.29, 0.717) is 38.5 Å². The van der Waals surface area contributed by atoms with Crippen molar-refractivity contribution in [2.75, 3.05) is 40.0 Å². The predicted molar refractivity (Wildman–Crippen MR) is 102 cm³/mol. The molecule has 2 aliphatic heterocycles. The quantitative estimate of drug-likeness (QED) is 0.737. The number of likely N-dealkylation sites (tertiary alicyclic amines) is 1. The summed E-state index contributed by atoms with van der Waals surface area (Å²) in [6, 6.07) is 3.67. The number of morpholine rings is 1. The lowest BCUT2D eigenvalue weighted by Gasteiger charge is -2.27. The Hall–Kier alpha value is -2.45. The molecule has 1 atom stereocenters. The van der Waals surface area contributed by atoms with Gasteiger partial charge in [-0.2, -0.15) is 0 Å². The molecule has 0 N–H and O–H groups in total. The first-order valence-electron chi connectivity index (χ1n) is 9.75. The maximum Gasteiger partial charge on any atom is 0.323 e. The van der Waals surface area contributed by atoms with Gasteiger partial charge in [0.15, 0.2) is 5.69 Å². The van der Waals surface area contributed by atoms with Gasteiger partial charge in [-0.1, -0.05) is 6.07 Å². The smallest absolute Gasteiger partial charge is 0.323 e. The number of pyridine rings is 1. The van der Waals surface area contributed by atoms with Crippen molar-refractivity contribution < 1.29 is 19.1 Å². The summed E-state index contributed by atoms with van der Waals surface area (Å²) >= 11 is 0. The number of rotatable bonds is 4. The van der Waals surface area contributed by atoms with Gasteiger partial charge in [0.05, 0.1) is 26.0 Å². The Morgan fingerprint density at radius 3 is 2.82 bits per heavy atom. The number of hydrogen-bond acceptors (Lipinski definition) is 6. The van der Waals surface area contributed by atoms with E-state index >= 15 is 0 Å². The van der Waals surface area contributed by atoms with E-state index < -0.39 is 0 Å². The topological polar surface area (TPSA) is 76.4 Å². The molecule has 0 aromatic carbocycles. The zero-order chi connectivity index (χ0) is 19.7. The number of esters is 1. The molecule has 2 saturated heterocycles. The van der Waals surface area contributed by atoms with Gasteiger partial charge in [-0.25, -0.2) is 4.98 Å². The van der Waals surface area contributed by atoms with E-state index in [1.54, 1.807) is 4.90 Å². The number of ether oxygens (including phenoxy) is 2. The molecule has 8 heteroatoms. The van der Waals surface area contributed by atoms with E-state index in [4.69, 9.17) is 14.5 Å². The van der Waals surface area contributed by atoms with Gasteiger partial charge in [-0.3, -0.25) is 14.5 Å². The van der Waals surface area contributed by atoms with E-state index in [9.17, 15) is 9.59 Å². The van der Waals surface area contributed by atoms with Gasteiger partial charge in [0.25, 0.3) is 5.91 Å². The highest BCUT2D eigenvalue weighted by Gasteiger charge is 2.34. The standard InChI is InChI=1S/C20H26N4O4/c1-14-5-3-8-24-16(13-23-7-4-6-15(23)20(26)27-2)17(21-18(14)24)19(25)22-9-11-28-12-10-22/h3,5,8,15H,4,6-7,9-13H2,1-2H3/t15-/m0/s1. The van der Waals surface area contributed by atoms with Gasteiger partial charge in [-0.05, 0) is 37.9 Å². The van der Waals surface area contributed by atoms with Crippen molar-refractivity contribution in [3.8, 4) is 0 Å².